The SMILES string of the molecule is CC(c1cccc(O)c1)=S(=O)=O. The summed E-state index contributed by atoms with van der Waals surface area (Å²) in [5.41, 5.74) is 0.517. The minimum absolute atomic E-state index is 0.0669. The fraction of sp³-hybridized carbons (Fsp3) is 0.125. The van der Waals surface area contributed by atoms with Gasteiger partial charge in [-0.2, -0.15) is 8.42 Å². The quantitative estimate of drug-likeness (QED) is 0.519. The zero-order valence-electron chi connectivity index (χ0n) is 6.48. The molecule has 64 valence electrons. The van der Waals surface area contributed by atoms with Gasteiger partial charge in [0, 0.05) is 0 Å². The molecule has 3 nitrogen and oxygen atoms in total. The Hall–Kier alpha value is -1.29. The number of hydrogen-bond donors (Lipinski definition) is 1. The minimum atomic E-state index is -2.21. The fourth-order valence-electron chi connectivity index (χ4n) is 0.821. The Labute approximate surface area is 71.8 Å². The lowest BCUT2D eigenvalue weighted by atomic mass is 10.2. The third-order valence-electron chi connectivity index (χ3n) is 1.50. The molecule has 1 aromatic carbocycles. The molecule has 1 rings (SSSR count). The molecule has 0 atom stereocenters. The Kier molecular flexibility index (Phi) is 2.50. The Morgan fingerprint density at radius 1 is 1.42 bits per heavy atom. The Balaban J connectivity index is 3.31. The van der Waals surface area contributed by atoms with Crippen molar-refractivity contribution in [3.05, 3.63) is 29.8 Å². The average Bonchev–Trinajstić information content (AvgIpc) is 2.03. The van der Waals surface area contributed by atoms with E-state index in [1.54, 1.807) is 12.1 Å². The van der Waals surface area contributed by atoms with Crippen molar-refractivity contribution in [3.63, 3.8) is 0 Å². The van der Waals surface area contributed by atoms with Gasteiger partial charge in [0.25, 0.3) is 0 Å². The number of phenolic OH excluding ortho intramolecular Hbond substituents is 1. The third-order valence-corrected chi connectivity index (χ3v) is 2.24. The van der Waals surface area contributed by atoms with Crippen molar-refractivity contribution in [2.45, 2.75) is 6.92 Å². The summed E-state index contributed by atoms with van der Waals surface area (Å²) in [6.45, 7) is 1.48. The summed E-state index contributed by atoms with van der Waals surface area (Å²) < 4.78 is 21.0. The second-order valence-electron chi connectivity index (χ2n) is 2.34. The van der Waals surface area contributed by atoms with Gasteiger partial charge in [0.1, 0.15) is 5.75 Å². The van der Waals surface area contributed by atoms with E-state index in [2.05, 4.69) is 0 Å². The van der Waals surface area contributed by atoms with E-state index >= 15 is 0 Å². The summed E-state index contributed by atoms with van der Waals surface area (Å²) in [5, 5.41) is 9.03. The molecule has 0 bridgehead atoms. The molecule has 0 aliphatic rings. The van der Waals surface area contributed by atoms with Crippen molar-refractivity contribution in [1.29, 1.82) is 0 Å². The summed E-state index contributed by atoms with van der Waals surface area (Å²) in [7, 11) is -2.21. The minimum Gasteiger partial charge on any atom is -0.508 e. The molecular formula is C8H8O3S. The lowest BCUT2D eigenvalue weighted by Gasteiger charge is -1.96. The van der Waals surface area contributed by atoms with Crippen LogP contribution >= 0.6 is 0 Å². The van der Waals surface area contributed by atoms with Crippen LogP contribution in [0.1, 0.15) is 12.5 Å². The average molecular weight is 184 g/mol. The summed E-state index contributed by atoms with van der Waals surface area (Å²) >= 11 is 0. The molecule has 0 heterocycles. The van der Waals surface area contributed by atoms with E-state index in [0.717, 1.165) is 0 Å². The van der Waals surface area contributed by atoms with Gasteiger partial charge in [-0.05, 0) is 24.6 Å². The Morgan fingerprint density at radius 3 is 2.58 bits per heavy atom. The molecule has 1 N–H and O–H groups in total. The standard InChI is InChI=1S/C8H8O3S/c1-6(12(10)11)7-3-2-4-8(9)5-7/h2-5,9H,1H3. The first kappa shape index (κ1) is 8.80. The molecule has 0 spiro atoms. The van der Waals surface area contributed by atoms with Crippen LogP contribution in [0.2, 0.25) is 0 Å². The highest BCUT2D eigenvalue weighted by molar-refractivity contribution is 7.73. The van der Waals surface area contributed by atoms with E-state index in [9.17, 15) is 8.42 Å². The first-order valence-corrected chi connectivity index (χ1v) is 4.41. The molecule has 4 heteroatoms. The highest BCUT2D eigenvalue weighted by atomic mass is 32.2. The van der Waals surface area contributed by atoms with E-state index in [1.807, 2.05) is 0 Å². The monoisotopic (exact) mass is 184 g/mol. The lowest BCUT2D eigenvalue weighted by molar-refractivity contribution is 0.475. The number of hydrogen-bond acceptors (Lipinski definition) is 3. The highest BCUT2D eigenvalue weighted by Crippen LogP contribution is 2.10. The van der Waals surface area contributed by atoms with Crippen LogP contribution in [0.5, 0.6) is 5.75 Å². The predicted molar refractivity (Wildman–Crippen MR) is 46.8 cm³/mol. The van der Waals surface area contributed by atoms with Crippen LogP contribution < -0.4 is 0 Å². The smallest absolute Gasteiger partial charge is 0.217 e. The van der Waals surface area contributed by atoms with Crippen LogP contribution in [0.15, 0.2) is 24.3 Å². The van der Waals surface area contributed by atoms with Crippen molar-refractivity contribution in [3.8, 4) is 5.75 Å². The van der Waals surface area contributed by atoms with Crippen LogP contribution in [0, 0.1) is 0 Å². The second-order valence-corrected chi connectivity index (χ2v) is 3.42. The molecule has 0 aliphatic heterocycles. The van der Waals surface area contributed by atoms with E-state index in [1.165, 1.54) is 19.1 Å². The molecule has 0 fully saturated rings. The second kappa shape index (κ2) is 3.40. The first-order chi connectivity index (χ1) is 5.61. The fourth-order valence-corrected chi connectivity index (χ4v) is 1.14. The zero-order valence-corrected chi connectivity index (χ0v) is 7.30. The van der Waals surface area contributed by atoms with Crippen molar-refractivity contribution < 1.29 is 13.5 Å². The topological polar surface area (TPSA) is 54.4 Å². The molecule has 0 aliphatic carbocycles. The van der Waals surface area contributed by atoms with Gasteiger partial charge in [-0.1, -0.05) is 12.1 Å². The van der Waals surface area contributed by atoms with Crippen molar-refractivity contribution in [2.24, 2.45) is 0 Å². The first-order valence-electron chi connectivity index (χ1n) is 3.33. The predicted octanol–water partition coefficient (Wildman–Crippen LogP) is 0.812. The maximum absolute atomic E-state index is 10.5. The van der Waals surface area contributed by atoms with Gasteiger partial charge in [-0.25, -0.2) is 0 Å². The molecule has 0 amide bonds. The van der Waals surface area contributed by atoms with Crippen LogP contribution in [-0.4, -0.2) is 18.4 Å². The van der Waals surface area contributed by atoms with E-state index in [0.29, 0.717) is 5.56 Å². The van der Waals surface area contributed by atoms with Gasteiger partial charge in [-0.15, -0.1) is 0 Å². The number of phenols is 1. The number of aromatic hydroxyl groups is 1. The molecular weight excluding hydrogens is 176 g/mol. The normalized spacial score (nSPS) is 9.42. The number of rotatable bonds is 1. The van der Waals surface area contributed by atoms with Gasteiger partial charge in [0.2, 0.25) is 10.3 Å². The van der Waals surface area contributed by atoms with E-state index < -0.39 is 10.3 Å². The summed E-state index contributed by atoms with van der Waals surface area (Å²) in [6, 6.07) is 6.13. The van der Waals surface area contributed by atoms with E-state index in [-0.39, 0.29) is 10.6 Å². The molecule has 0 unspecified atom stereocenters. The van der Waals surface area contributed by atoms with Crippen molar-refractivity contribution in [2.75, 3.05) is 0 Å². The van der Waals surface area contributed by atoms with Crippen LogP contribution in [0.4, 0.5) is 0 Å². The Bertz CT molecular complexity index is 410. The third kappa shape index (κ3) is 1.85. The Morgan fingerprint density at radius 2 is 2.08 bits per heavy atom. The molecule has 0 saturated heterocycles. The maximum Gasteiger partial charge on any atom is 0.217 e. The molecule has 12 heavy (non-hydrogen) atoms. The number of benzene rings is 1. The van der Waals surface area contributed by atoms with Gasteiger partial charge >= 0.3 is 0 Å². The zero-order chi connectivity index (χ0) is 9.14. The van der Waals surface area contributed by atoms with Crippen molar-refractivity contribution in [1.82, 2.24) is 0 Å². The summed E-state index contributed by atoms with van der Waals surface area (Å²) in [6.07, 6.45) is 0. The summed E-state index contributed by atoms with van der Waals surface area (Å²) in [4.78, 5) is 0.228. The highest BCUT2D eigenvalue weighted by Gasteiger charge is 1.98. The van der Waals surface area contributed by atoms with Crippen LogP contribution in [0.3, 0.4) is 0 Å². The summed E-state index contributed by atoms with van der Waals surface area (Å²) in [5.74, 6) is 0.0669. The molecule has 0 saturated carbocycles. The van der Waals surface area contributed by atoms with E-state index in [4.69, 9.17) is 5.11 Å². The largest absolute Gasteiger partial charge is 0.508 e. The van der Waals surface area contributed by atoms with Gasteiger partial charge in [0.15, 0.2) is 0 Å². The van der Waals surface area contributed by atoms with Gasteiger partial charge < -0.3 is 5.11 Å². The van der Waals surface area contributed by atoms with Crippen LogP contribution in [0.25, 0.3) is 0 Å². The van der Waals surface area contributed by atoms with Gasteiger partial charge in [0.05, 0.1) is 4.86 Å². The maximum atomic E-state index is 10.5. The molecule has 0 aromatic heterocycles. The van der Waals surface area contributed by atoms with Crippen molar-refractivity contribution >= 4 is 15.2 Å². The molecule has 1 aromatic rings. The lowest BCUT2D eigenvalue weighted by Crippen LogP contribution is -1.94. The van der Waals surface area contributed by atoms with Crippen LogP contribution in [-0.2, 0) is 10.3 Å². The molecule has 0 radical (unpaired) electrons. The van der Waals surface area contributed by atoms with Gasteiger partial charge in [-0.3, -0.25) is 0 Å².